The Morgan fingerprint density at radius 1 is 1.14 bits per heavy atom. The van der Waals surface area contributed by atoms with Gasteiger partial charge in [0.15, 0.2) is 0 Å². The Bertz CT molecular complexity index is 1390. The smallest absolute Gasteiger partial charge is 0.417 e. The van der Waals surface area contributed by atoms with E-state index in [0.29, 0.717) is 46.7 Å². The summed E-state index contributed by atoms with van der Waals surface area (Å²) in [5, 5.41) is 11.0. The van der Waals surface area contributed by atoms with Gasteiger partial charge in [0, 0.05) is 33.9 Å². The highest BCUT2D eigenvalue weighted by Crippen LogP contribution is 2.40. The molecule has 2 aromatic carbocycles. The number of hydrogen-bond donors (Lipinski definition) is 2. The van der Waals surface area contributed by atoms with Crippen LogP contribution < -0.4 is 4.74 Å². The molecule has 0 bridgehead atoms. The maximum Gasteiger partial charge on any atom is 0.417 e. The maximum atomic E-state index is 13.6. The topological polar surface area (TPSA) is 75.2 Å². The molecule has 0 radical (unpaired) electrons. The minimum Gasteiger partial charge on any atom is -0.494 e. The van der Waals surface area contributed by atoms with Gasteiger partial charge in [-0.2, -0.15) is 13.2 Å². The molecule has 0 saturated heterocycles. The van der Waals surface area contributed by atoms with E-state index in [-0.39, 0.29) is 16.8 Å². The number of H-pyrrole nitrogens is 1. The second kappa shape index (κ2) is 9.62. The van der Waals surface area contributed by atoms with Gasteiger partial charge >= 0.3 is 12.1 Å². The van der Waals surface area contributed by atoms with Crippen molar-refractivity contribution in [2.75, 3.05) is 6.61 Å². The standard InChI is InChI=1S/C26H22ClF3N2O3/c1-14-11-16(12-15(2)22(14)27)35-10-4-7-18-17-5-3-6-19(23(17)32-24(18)25(33)34)20-13-31-9-8-21(20)26(28,29)30/h3,5-6,8-9,11-13,32H,4,7,10H2,1-2H3,(H,33,34). The number of alkyl halides is 3. The highest BCUT2D eigenvalue weighted by atomic mass is 35.5. The van der Waals surface area contributed by atoms with Crippen molar-refractivity contribution in [3.8, 4) is 16.9 Å². The summed E-state index contributed by atoms with van der Waals surface area (Å²) in [5.74, 6) is -0.519. The second-order valence-corrected chi connectivity index (χ2v) is 8.63. The molecule has 2 heterocycles. The van der Waals surface area contributed by atoms with Gasteiger partial charge in [0.05, 0.1) is 17.7 Å². The molecule has 0 unspecified atom stereocenters. The molecule has 0 fully saturated rings. The number of nitrogens with zero attached hydrogens (tertiary/aromatic N) is 1. The average molecular weight is 503 g/mol. The number of aromatic amines is 1. The Morgan fingerprint density at radius 2 is 1.86 bits per heavy atom. The van der Waals surface area contributed by atoms with E-state index in [1.165, 1.54) is 6.07 Å². The van der Waals surface area contributed by atoms with Crippen molar-refractivity contribution >= 4 is 28.5 Å². The van der Waals surface area contributed by atoms with Crippen LogP contribution in [0.15, 0.2) is 48.8 Å². The fraction of sp³-hybridized carbons (Fsp3) is 0.231. The number of pyridine rings is 1. The zero-order valence-corrected chi connectivity index (χ0v) is 19.7. The molecule has 182 valence electrons. The van der Waals surface area contributed by atoms with Crippen LogP contribution in [0.4, 0.5) is 13.2 Å². The molecule has 0 amide bonds. The quantitative estimate of drug-likeness (QED) is 0.261. The Labute approximate surface area is 204 Å². The number of hydrogen-bond acceptors (Lipinski definition) is 3. The van der Waals surface area contributed by atoms with Gasteiger partial charge in [-0.15, -0.1) is 0 Å². The van der Waals surface area contributed by atoms with Crippen molar-refractivity contribution in [3.05, 3.63) is 81.8 Å². The molecular weight excluding hydrogens is 481 g/mol. The van der Waals surface area contributed by atoms with Crippen molar-refractivity contribution < 1.29 is 27.8 Å². The first-order chi connectivity index (χ1) is 16.6. The Balaban J connectivity index is 1.65. The molecule has 0 aliphatic carbocycles. The zero-order valence-electron chi connectivity index (χ0n) is 19.0. The number of para-hydroxylation sites is 1. The first kappa shape index (κ1) is 24.6. The molecule has 0 aliphatic rings. The van der Waals surface area contributed by atoms with E-state index in [2.05, 4.69) is 9.97 Å². The van der Waals surface area contributed by atoms with Crippen LogP contribution in [0.2, 0.25) is 5.02 Å². The lowest BCUT2D eigenvalue weighted by atomic mass is 9.97. The second-order valence-electron chi connectivity index (χ2n) is 8.25. The van der Waals surface area contributed by atoms with Gasteiger partial charge in [-0.1, -0.05) is 29.8 Å². The van der Waals surface area contributed by atoms with Gasteiger partial charge in [0.2, 0.25) is 0 Å². The van der Waals surface area contributed by atoms with E-state index in [0.717, 1.165) is 29.6 Å². The van der Waals surface area contributed by atoms with Crippen molar-refractivity contribution in [2.45, 2.75) is 32.9 Å². The third-order valence-electron chi connectivity index (χ3n) is 5.82. The zero-order chi connectivity index (χ0) is 25.3. The summed E-state index contributed by atoms with van der Waals surface area (Å²) in [5.41, 5.74) is 1.85. The Morgan fingerprint density at radius 3 is 2.51 bits per heavy atom. The minimum atomic E-state index is -4.58. The van der Waals surface area contributed by atoms with E-state index in [1.807, 2.05) is 26.0 Å². The molecule has 2 aromatic heterocycles. The van der Waals surface area contributed by atoms with E-state index in [1.54, 1.807) is 12.1 Å². The van der Waals surface area contributed by atoms with E-state index in [4.69, 9.17) is 16.3 Å². The van der Waals surface area contributed by atoms with Gasteiger partial charge in [0.1, 0.15) is 11.4 Å². The average Bonchev–Trinajstić information content (AvgIpc) is 3.18. The number of aryl methyl sites for hydroxylation is 3. The number of aromatic carboxylic acids is 1. The van der Waals surface area contributed by atoms with Crippen molar-refractivity contribution in [3.63, 3.8) is 0 Å². The molecule has 35 heavy (non-hydrogen) atoms. The molecule has 4 rings (SSSR count). The summed E-state index contributed by atoms with van der Waals surface area (Å²) in [7, 11) is 0. The molecule has 9 heteroatoms. The normalized spacial score (nSPS) is 11.7. The number of carbonyl (C=O) groups is 1. The largest absolute Gasteiger partial charge is 0.494 e. The SMILES string of the molecule is Cc1cc(OCCCc2c(C(=O)O)[nH]c3c(-c4cnccc4C(F)(F)F)cccc23)cc(C)c1Cl. The third kappa shape index (κ3) is 4.98. The highest BCUT2D eigenvalue weighted by Gasteiger charge is 2.34. The molecule has 0 atom stereocenters. The van der Waals surface area contributed by atoms with E-state index in [9.17, 15) is 23.1 Å². The van der Waals surface area contributed by atoms with Crippen LogP contribution in [0.5, 0.6) is 5.75 Å². The maximum absolute atomic E-state index is 13.6. The van der Waals surface area contributed by atoms with E-state index < -0.39 is 17.7 Å². The van der Waals surface area contributed by atoms with Gasteiger partial charge in [-0.3, -0.25) is 4.98 Å². The van der Waals surface area contributed by atoms with Crippen LogP contribution in [0, 0.1) is 13.8 Å². The summed E-state index contributed by atoms with van der Waals surface area (Å²) in [6.07, 6.45) is -1.50. The fourth-order valence-corrected chi connectivity index (χ4v) is 4.33. The van der Waals surface area contributed by atoms with Crippen LogP contribution in [-0.2, 0) is 12.6 Å². The first-order valence-corrected chi connectivity index (χ1v) is 11.2. The number of aromatic nitrogens is 2. The Hall–Kier alpha value is -3.52. The number of carboxylic acid groups (broad SMARTS) is 1. The summed E-state index contributed by atoms with van der Waals surface area (Å²) < 4.78 is 46.7. The Kier molecular flexibility index (Phi) is 6.76. The predicted molar refractivity (Wildman–Crippen MR) is 128 cm³/mol. The lowest BCUT2D eigenvalue weighted by Crippen LogP contribution is -2.07. The van der Waals surface area contributed by atoms with Gasteiger partial charge in [-0.25, -0.2) is 4.79 Å². The predicted octanol–water partition coefficient (Wildman–Crippen LogP) is 7.23. The number of fused-ring (bicyclic) bond motifs is 1. The third-order valence-corrected chi connectivity index (χ3v) is 6.42. The minimum absolute atomic E-state index is 0.0527. The molecule has 5 nitrogen and oxygen atoms in total. The lowest BCUT2D eigenvalue weighted by molar-refractivity contribution is -0.137. The number of nitrogens with one attached hydrogen (secondary N) is 1. The highest BCUT2D eigenvalue weighted by molar-refractivity contribution is 6.32. The van der Waals surface area contributed by atoms with Crippen molar-refractivity contribution in [1.29, 1.82) is 0 Å². The monoisotopic (exact) mass is 502 g/mol. The molecular formula is C26H22ClF3N2O3. The molecule has 0 spiro atoms. The lowest BCUT2D eigenvalue weighted by Gasteiger charge is -2.13. The fourth-order valence-electron chi connectivity index (χ4n) is 4.22. The number of benzene rings is 2. The van der Waals surface area contributed by atoms with E-state index >= 15 is 0 Å². The molecule has 4 aromatic rings. The van der Waals surface area contributed by atoms with Gasteiger partial charge < -0.3 is 14.8 Å². The van der Waals surface area contributed by atoms with Crippen LogP contribution in [0.1, 0.15) is 39.2 Å². The number of halogens is 4. The summed E-state index contributed by atoms with van der Waals surface area (Å²) >= 11 is 6.19. The van der Waals surface area contributed by atoms with Crippen LogP contribution >= 0.6 is 11.6 Å². The van der Waals surface area contributed by atoms with Crippen molar-refractivity contribution in [2.24, 2.45) is 0 Å². The van der Waals surface area contributed by atoms with Gasteiger partial charge in [0.25, 0.3) is 0 Å². The summed E-state index contributed by atoms with van der Waals surface area (Å²) in [4.78, 5) is 18.7. The molecule has 0 saturated carbocycles. The first-order valence-electron chi connectivity index (χ1n) is 10.9. The van der Waals surface area contributed by atoms with Crippen LogP contribution in [0.3, 0.4) is 0 Å². The number of carboxylic acids is 1. The van der Waals surface area contributed by atoms with Crippen LogP contribution in [0.25, 0.3) is 22.0 Å². The number of rotatable bonds is 7. The molecule has 0 aliphatic heterocycles. The van der Waals surface area contributed by atoms with Gasteiger partial charge in [-0.05, 0) is 61.6 Å². The number of ether oxygens (including phenoxy) is 1. The summed E-state index contributed by atoms with van der Waals surface area (Å²) in [6, 6.07) is 9.42. The molecule has 2 N–H and O–H groups in total. The van der Waals surface area contributed by atoms with Crippen LogP contribution in [-0.4, -0.2) is 27.7 Å². The summed E-state index contributed by atoms with van der Waals surface area (Å²) in [6.45, 7) is 4.10. The van der Waals surface area contributed by atoms with Crippen molar-refractivity contribution in [1.82, 2.24) is 9.97 Å².